The number of rotatable bonds is 4. The average Bonchev–Trinajstić information content (AvgIpc) is 2.77. The van der Waals surface area contributed by atoms with E-state index >= 15 is 0 Å². The molecule has 1 saturated carbocycles. The van der Waals surface area contributed by atoms with Gasteiger partial charge in [0.2, 0.25) is 0 Å². The third kappa shape index (κ3) is 4.10. The zero-order valence-corrected chi connectivity index (χ0v) is 13.2. The van der Waals surface area contributed by atoms with Gasteiger partial charge >= 0.3 is 0 Å². The number of carbonyl (C=O) groups is 1. The number of carbonyl (C=O) groups excluding carboxylic acids is 1. The van der Waals surface area contributed by atoms with Gasteiger partial charge in [-0.05, 0) is 37.8 Å². The minimum Gasteiger partial charge on any atom is -0.431 e. The number of nitrogens with zero attached hydrogens (tertiary/aromatic N) is 2. The summed E-state index contributed by atoms with van der Waals surface area (Å²) in [5.74, 6) is 0.132. The van der Waals surface area contributed by atoms with Crippen LogP contribution in [0.3, 0.4) is 0 Å². The van der Waals surface area contributed by atoms with Crippen LogP contribution in [0.4, 0.5) is 0 Å². The van der Waals surface area contributed by atoms with Crippen LogP contribution < -0.4 is 5.43 Å². The van der Waals surface area contributed by atoms with Crippen LogP contribution in [0.25, 0.3) is 11.1 Å². The number of hydrazone groups is 1. The van der Waals surface area contributed by atoms with E-state index in [9.17, 15) is 4.79 Å². The molecule has 1 amide bonds. The molecule has 116 valence electrons. The Hall–Kier alpha value is -1.82. The second kappa shape index (κ2) is 7.45. The maximum absolute atomic E-state index is 11.9. The molecule has 3 rings (SSSR count). The molecule has 6 heteroatoms. The Kier molecular flexibility index (Phi) is 5.11. The summed E-state index contributed by atoms with van der Waals surface area (Å²) in [5, 5.41) is 4.76. The molecule has 1 N–H and O–H groups in total. The first-order valence-electron chi connectivity index (χ1n) is 7.64. The first-order chi connectivity index (χ1) is 10.8. The normalized spacial score (nSPS) is 15.5. The number of benzene rings is 1. The van der Waals surface area contributed by atoms with E-state index in [2.05, 4.69) is 15.5 Å². The van der Waals surface area contributed by atoms with Gasteiger partial charge in [-0.1, -0.05) is 36.7 Å². The van der Waals surface area contributed by atoms with E-state index in [1.54, 1.807) is 0 Å². The first kappa shape index (κ1) is 15.1. The predicted octanol–water partition coefficient (Wildman–Crippen LogP) is 3.75. The van der Waals surface area contributed by atoms with Gasteiger partial charge in [0.15, 0.2) is 5.58 Å². The lowest BCUT2D eigenvalue weighted by Gasteiger charge is -2.02. The number of fused-ring (bicyclic) bond motifs is 1. The molecule has 2 aromatic rings. The van der Waals surface area contributed by atoms with Gasteiger partial charge in [-0.25, -0.2) is 10.4 Å². The first-order valence-corrected chi connectivity index (χ1v) is 8.62. The smallest absolute Gasteiger partial charge is 0.257 e. The summed E-state index contributed by atoms with van der Waals surface area (Å²) in [6.07, 6.45) is 6.87. The second-order valence-corrected chi connectivity index (χ2v) is 6.29. The molecule has 0 unspecified atom stereocenters. The fourth-order valence-corrected chi connectivity index (χ4v) is 3.09. The Morgan fingerprint density at radius 3 is 2.77 bits per heavy atom. The van der Waals surface area contributed by atoms with Gasteiger partial charge in [0.25, 0.3) is 11.1 Å². The maximum Gasteiger partial charge on any atom is 0.257 e. The molecular formula is C16H19N3O2S. The van der Waals surface area contributed by atoms with Crippen LogP contribution in [-0.4, -0.2) is 22.4 Å². The van der Waals surface area contributed by atoms with E-state index in [4.69, 9.17) is 4.42 Å². The van der Waals surface area contributed by atoms with Crippen LogP contribution >= 0.6 is 11.8 Å². The highest BCUT2D eigenvalue weighted by Crippen LogP contribution is 2.22. The number of nitrogens with one attached hydrogen (secondary N) is 1. The predicted molar refractivity (Wildman–Crippen MR) is 88.0 cm³/mol. The van der Waals surface area contributed by atoms with E-state index in [-0.39, 0.29) is 11.7 Å². The molecule has 0 atom stereocenters. The third-order valence-corrected chi connectivity index (χ3v) is 4.45. The minimum atomic E-state index is -0.121. The lowest BCUT2D eigenvalue weighted by Crippen LogP contribution is -2.21. The molecule has 1 fully saturated rings. The minimum absolute atomic E-state index is 0.121. The number of amides is 1. The highest BCUT2D eigenvalue weighted by Gasteiger charge is 2.10. The van der Waals surface area contributed by atoms with Gasteiger partial charge in [0.05, 0.1) is 5.75 Å². The molecule has 1 aliphatic carbocycles. The number of aromatic nitrogens is 1. The lowest BCUT2D eigenvalue weighted by atomic mass is 10.2. The summed E-state index contributed by atoms with van der Waals surface area (Å²) in [5.41, 5.74) is 5.30. The zero-order valence-electron chi connectivity index (χ0n) is 12.4. The topological polar surface area (TPSA) is 67.5 Å². The highest BCUT2D eigenvalue weighted by molar-refractivity contribution is 7.99. The molecule has 5 nitrogen and oxygen atoms in total. The number of hydrogen-bond donors (Lipinski definition) is 1. The molecular weight excluding hydrogens is 298 g/mol. The van der Waals surface area contributed by atoms with Crippen molar-refractivity contribution < 1.29 is 9.21 Å². The summed E-state index contributed by atoms with van der Waals surface area (Å²) >= 11 is 1.29. The van der Waals surface area contributed by atoms with Gasteiger partial charge in [-0.3, -0.25) is 4.79 Å². The van der Waals surface area contributed by atoms with Gasteiger partial charge in [0.1, 0.15) is 5.52 Å². The van der Waals surface area contributed by atoms with Gasteiger partial charge in [-0.15, -0.1) is 0 Å². The number of thioether (sulfide) groups is 1. The SMILES string of the molecule is O=C(CSc1nc2ccccc2o1)NN=C1CCCCCC1. The summed E-state index contributed by atoms with van der Waals surface area (Å²) in [6.45, 7) is 0. The molecule has 22 heavy (non-hydrogen) atoms. The number of oxazole rings is 1. The Morgan fingerprint density at radius 2 is 2.00 bits per heavy atom. The van der Waals surface area contributed by atoms with Crippen molar-refractivity contribution in [2.45, 2.75) is 43.7 Å². The van der Waals surface area contributed by atoms with Crippen LogP contribution in [0.2, 0.25) is 0 Å². The largest absolute Gasteiger partial charge is 0.431 e. The molecule has 0 aliphatic heterocycles. The fourth-order valence-electron chi connectivity index (χ4n) is 2.46. The van der Waals surface area contributed by atoms with Crippen molar-refractivity contribution in [3.63, 3.8) is 0 Å². The van der Waals surface area contributed by atoms with Crippen LogP contribution in [0.1, 0.15) is 38.5 Å². The summed E-state index contributed by atoms with van der Waals surface area (Å²) in [4.78, 5) is 16.2. The Bertz CT molecular complexity index is 638. The zero-order chi connectivity index (χ0) is 15.2. The maximum atomic E-state index is 11.9. The van der Waals surface area contributed by atoms with Crippen LogP contribution in [0, 0.1) is 0 Å². The molecule has 1 aliphatic rings. The molecule has 0 saturated heterocycles. The van der Waals surface area contributed by atoms with E-state index in [0.29, 0.717) is 5.22 Å². The van der Waals surface area contributed by atoms with Crippen molar-refractivity contribution in [1.29, 1.82) is 0 Å². The van der Waals surface area contributed by atoms with Crippen molar-refractivity contribution in [3.05, 3.63) is 24.3 Å². The van der Waals surface area contributed by atoms with Gasteiger partial charge in [0, 0.05) is 5.71 Å². The van der Waals surface area contributed by atoms with E-state index in [1.807, 2.05) is 24.3 Å². The van der Waals surface area contributed by atoms with Crippen molar-refractivity contribution in [2.75, 3.05) is 5.75 Å². The Balaban J connectivity index is 1.50. The van der Waals surface area contributed by atoms with E-state index < -0.39 is 0 Å². The standard InChI is InChI=1S/C16H19N3O2S/c20-15(19-18-12-7-3-1-2-4-8-12)11-22-16-17-13-9-5-6-10-14(13)21-16/h5-6,9-10H,1-4,7-8,11H2,(H,19,20). The number of hydrogen-bond acceptors (Lipinski definition) is 5. The van der Waals surface area contributed by atoms with Crippen molar-refractivity contribution in [2.24, 2.45) is 5.10 Å². The van der Waals surface area contributed by atoms with Crippen molar-refractivity contribution in [1.82, 2.24) is 10.4 Å². The van der Waals surface area contributed by atoms with Crippen molar-refractivity contribution in [3.8, 4) is 0 Å². The molecule has 0 radical (unpaired) electrons. The van der Waals surface area contributed by atoms with E-state index in [1.165, 1.54) is 37.4 Å². The lowest BCUT2D eigenvalue weighted by molar-refractivity contribution is -0.118. The second-order valence-electron chi connectivity index (χ2n) is 5.36. The number of para-hydroxylation sites is 2. The summed E-state index contributed by atoms with van der Waals surface area (Å²) < 4.78 is 5.57. The molecule has 1 aromatic carbocycles. The quantitative estimate of drug-likeness (QED) is 0.530. The Labute approximate surface area is 133 Å². The van der Waals surface area contributed by atoms with Crippen LogP contribution in [0.15, 0.2) is 39.0 Å². The van der Waals surface area contributed by atoms with Gasteiger partial charge in [-0.2, -0.15) is 5.10 Å². The summed E-state index contributed by atoms with van der Waals surface area (Å²) in [6, 6.07) is 7.57. The average molecular weight is 317 g/mol. The summed E-state index contributed by atoms with van der Waals surface area (Å²) in [7, 11) is 0. The third-order valence-electron chi connectivity index (χ3n) is 3.62. The highest BCUT2D eigenvalue weighted by atomic mass is 32.2. The molecule has 0 spiro atoms. The molecule has 0 bridgehead atoms. The van der Waals surface area contributed by atoms with Crippen LogP contribution in [0.5, 0.6) is 0 Å². The fraction of sp³-hybridized carbons (Fsp3) is 0.438. The molecule has 1 heterocycles. The molecule has 1 aromatic heterocycles. The monoisotopic (exact) mass is 317 g/mol. The Morgan fingerprint density at radius 1 is 1.23 bits per heavy atom. The van der Waals surface area contributed by atoms with Crippen LogP contribution in [-0.2, 0) is 4.79 Å². The van der Waals surface area contributed by atoms with Gasteiger partial charge < -0.3 is 4.42 Å². The van der Waals surface area contributed by atoms with Crippen molar-refractivity contribution >= 4 is 34.5 Å². The van der Waals surface area contributed by atoms with E-state index in [0.717, 1.165) is 29.7 Å².